The molecular formula is C14H19N3S2. The molecule has 1 atom stereocenters. The molecule has 1 aromatic rings. The number of nitrogens with two attached hydrogens (primary N) is 1. The van der Waals surface area contributed by atoms with E-state index < -0.39 is 0 Å². The molecule has 1 aliphatic heterocycles. The summed E-state index contributed by atoms with van der Waals surface area (Å²) in [4.78, 5) is 5.26. The Bertz CT molecular complexity index is 496. The summed E-state index contributed by atoms with van der Waals surface area (Å²) < 4.78 is 0. The highest BCUT2D eigenvalue weighted by Gasteiger charge is 2.20. The quantitative estimate of drug-likeness (QED) is 0.839. The minimum absolute atomic E-state index is 0.453. The Morgan fingerprint density at radius 3 is 3.00 bits per heavy atom. The Kier molecular flexibility index (Phi) is 3.93. The lowest BCUT2D eigenvalue weighted by Gasteiger charge is -2.21. The van der Waals surface area contributed by atoms with Crippen LogP contribution in [0.3, 0.4) is 0 Å². The third kappa shape index (κ3) is 2.87. The van der Waals surface area contributed by atoms with Gasteiger partial charge in [0, 0.05) is 17.5 Å². The number of aryl methyl sites for hydroxylation is 2. The van der Waals surface area contributed by atoms with Crippen LogP contribution in [0.15, 0.2) is 6.07 Å². The van der Waals surface area contributed by atoms with Crippen molar-refractivity contribution in [3.63, 3.8) is 0 Å². The van der Waals surface area contributed by atoms with Gasteiger partial charge in [0.2, 0.25) is 0 Å². The Hall–Kier alpha value is -0.810. The first kappa shape index (κ1) is 13.2. The molecule has 2 heterocycles. The molecule has 5 heteroatoms. The van der Waals surface area contributed by atoms with Gasteiger partial charge in [-0.25, -0.2) is 4.98 Å². The summed E-state index contributed by atoms with van der Waals surface area (Å²) in [6.45, 7) is 0. The topological polar surface area (TPSA) is 50.9 Å². The summed E-state index contributed by atoms with van der Waals surface area (Å²) in [5.41, 5.74) is 9.36. The van der Waals surface area contributed by atoms with E-state index in [9.17, 15) is 0 Å². The molecule has 0 spiro atoms. The van der Waals surface area contributed by atoms with Gasteiger partial charge in [0.15, 0.2) is 0 Å². The Morgan fingerprint density at radius 2 is 2.26 bits per heavy atom. The maximum atomic E-state index is 5.87. The number of nitrogens with one attached hydrogen (secondary N) is 1. The molecule has 1 unspecified atom stereocenters. The van der Waals surface area contributed by atoms with Crippen molar-refractivity contribution in [2.75, 3.05) is 16.8 Å². The first-order valence-corrected chi connectivity index (χ1v) is 8.47. The van der Waals surface area contributed by atoms with Crippen LogP contribution in [0, 0.1) is 0 Å². The number of aromatic nitrogens is 1. The second-order valence-corrected chi connectivity index (χ2v) is 6.86. The van der Waals surface area contributed by atoms with Crippen molar-refractivity contribution in [1.29, 1.82) is 0 Å². The van der Waals surface area contributed by atoms with Gasteiger partial charge in [-0.15, -0.1) is 0 Å². The predicted molar refractivity (Wildman–Crippen MR) is 86.1 cm³/mol. The van der Waals surface area contributed by atoms with Crippen molar-refractivity contribution < 1.29 is 0 Å². The maximum absolute atomic E-state index is 5.87. The van der Waals surface area contributed by atoms with E-state index >= 15 is 0 Å². The van der Waals surface area contributed by atoms with E-state index in [1.54, 1.807) is 0 Å². The molecule has 0 saturated carbocycles. The summed E-state index contributed by atoms with van der Waals surface area (Å²) in [5.74, 6) is 3.28. The van der Waals surface area contributed by atoms with Crippen LogP contribution in [0.4, 0.5) is 5.82 Å². The fourth-order valence-corrected chi connectivity index (χ4v) is 4.08. The maximum Gasteiger partial charge on any atom is 0.136 e. The summed E-state index contributed by atoms with van der Waals surface area (Å²) in [5, 5.41) is 3.54. The van der Waals surface area contributed by atoms with Crippen LogP contribution in [-0.2, 0) is 12.8 Å². The minimum atomic E-state index is 0.453. The van der Waals surface area contributed by atoms with E-state index in [4.69, 9.17) is 22.9 Å². The van der Waals surface area contributed by atoms with E-state index in [0.717, 1.165) is 30.0 Å². The molecule has 0 bridgehead atoms. The van der Waals surface area contributed by atoms with Gasteiger partial charge >= 0.3 is 0 Å². The molecule has 3 N–H and O–H groups in total. The minimum Gasteiger partial charge on any atom is -0.389 e. The number of rotatable bonds is 3. The number of pyridine rings is 1. The second kappa shape index (κ2) is 5.67. The molecule has 2 aliphatic rings. The summed E-state index contributed by atoms with van der Waals surface area (Å²) in [6, 6.07) is 2.67. The fraction of sp³-hybridized carbons (Fsp3) is 0.571. The normalized spacial score (nSPS) is 22.0. The fourth-order valence-electron chi connectivity index (χ4n) is 2.77. The first-order chi connectivity index (χ1) is 9.24. The van der Waals surface area contributed by atoms with Crippen LogP contribution < -0.4 is 11.1 Å². The second-order valence-electron chi connectivity index (χ2n) is 5.27. The standard InChI is InChI=1S/C14H19N3S2/c15-13(18)11-7-9-3-1-2-4-12(9)17-14(11)16-10-5-6-19-8-10/h7,10H,1-6,8H2,(H2,15,18)(H,16,17). The van der Waals surface area contributed by atoms with Gasteiger partial charge in [0.25, 0.3) is 0 Å². The first-order valence-electron chi connectivity index (χ1n) is 6.91. The zero-order valence-corrected chi connectivity index (χ0v) is 12.6. The molecule has 19 heavy (non-hydrogen) atoms. The Balaban J connectivity index is 1.93. The van der Waals surface area contributed by atoms with Crippen molar-refractivity contribution in [3.8, 4) is 0 Å². The van der Waals surface area contributed by atoms with Gasteiger partial charge in [0.05, 0.1) is 5.56 Å². The molecular weight excluding hydrogens is 274 g/mol. The van der Waals surface area contributed by atoms with Crippen LogP contribution in [0.2, 0.25) is 0 Å². The van der Waals surface area contributed by atoms with Crippen LogP contribution in [0.5, 0.6) is 0 Å². The highest BCUT2D eigenvalue weighted by Crippen LogP contribution is 2.27. The lowest BCUT2D eigenvalue weighted by molar-refractivity contribution is 0.667. The molecule has 102 valence electrons. The van der Waals surface area contributed by atoms with Crippen molar-refractivity contribution in [1.82, 2.24) is 4.98 Å². The van der Waals surface area contributed by atoms with Crippen LogP contribution in [-0.4, -0.2) is 27.5 Å². The number of hydrogen-bond donors (Lipinski definition) is 2. The van der Waals surface area contributed by atoms with Gasteiger partial charge in [-0.2, -0.15) is 11.8 Å². The van der Waals surface area contributed by atoms with E-state index in [-0.39, 0.29) is 0 Å². The number of thiocarbonyl (C=S) groups is 1. The van der Waals surface area contributed by atoms with Gasteiger partial charge in [0.1, 0.15) is 10.8 Å². The third-order valence-electron chi connectivity index (χ3n) is 3.84. The SMILES string of the molecule is NC(=S)c1cc2c(nc1NC1CCSC1)CCCC2. The molecule has 1 fully saturated rings. The molecule has 1 aromatic heterocycles. The Labute approximate surface area is 123 Å². The van der Waals surface area contributed by atoms with E-state index in [1.807, 2.05) is 11.8 Å². The third-order valence-corrected chi connectivity index (χ3v) is 5.22. The van der Waals surface area contributed by atoms with Crippen molar-refractivity contribution in [2.45, 2.75) is 38.1 Å². The molecule has 1 aliphatic carbocycles. The smallest absolute Gasteiger partial charge is 0.136 e. The average Bonchev–Trinajstić information content (AvgIpc) is 2.90. The van der Waals surface area contributed by atoms with E-state index in [2.05, 4.69) is 11.4 Å². The monoisotopic (exact) mass is 293 g/mol. The molecule has 0 amide bonds. The largest absolute Gasteiger partial charge is 0.389 e. The number of fused-ring (bicyclic) bond motifs is 1. The molecule has 3 nitrogen and oxygen atoms in total. The number of nitrogens with zero attached hydrogens (tertiary/aromatic N) is 1. The summed E-state index contributed by atoms with van der Waals surface area (Å²) >= 11 is 7.18. The summed E-state index contributed by atoms with van der Waals surface area (Å²) in [7, 11) is 0. The highest BCUT2D eigenvalue weighted by atomic mass is 32.2. The average molecular weight is 293 g/mol. The lowest BCUT2D eigenvalue weighted by Crippen LogP contribution is -2.24. The molecule has 1 saturated heterocycles. The molecule has 0 radical (unpaired) electrons. The molecule has 3 rings (SSSR count). The summed E-state index contributed by atoms with van der Waals surface area (Å²) in [6.07, 6.45) is 5.88. The molecule has 0 aromatic carbocycles. The van der Waals surface area contributed by atoms with Gasteiger partial charge < -0.3 is 11.1 Å². The van der Waals surface area contributed by atoms with Crippen molar-refractivity contribution in [3.05, 3.63) is 22.9 Å². The van der Waals surface area contributed by atoms with Gasteiger partial charge in [-0.05, 0) is 49.5 Å². The zero-order chi connectivity index (χ0) is 13.2. The van der Waals surface area contributed by atoms with Crippen molar-refractivity contribution >= 4 is 34.8 Å². The van der Waals surface area contributed by atoms with Crippen molar-refractivity contribution in [2.24, 2.45) is 5.73 Å². The zero-order valence-electron chi connectivity index (χ0n) is 10.9. The van der Waals surface area contributed by atoms with Gasteiger partial charge in [-0.1, -0.05) is 12.2 Å². The van der Waals surface area contributed by atoms with Crippen LogP contribution in [0.1, 0.15) is 36.1 Å². The number of anilines is 1. The predicted octanol–water partition coefficient (Wildman–Crippen LogP) is 2.51. The number of thioether (sulfide) groups is 1. The van der Waals surface area contributed by atoms with E-state index in [0.29, 0.717) is 11.0 Å². The van der Waals surface area contributed by atoms with E-state index in [1.165, 1.54) is 36.3 Å². The Morgan fingerprint density at radius 1 is 1.42 bits per heavy atom. The van der Waals surface area contributed by atoms with Crippen LogP contribution in [0.25, 0.3) is 0 Å². The van der Waals surface area contributed by atoms with Crippen LogP contribution >= 0.6 is 24.0 Å². The van der Waals surface area contributed by atoms with Gasteiger partial charge in [-0.3, -0.25) is 0 Å². The highest BCUT2D eigenvalue weighted by molar-refractivity contribution is 7.99. The number of hydrogen-bond acceptors (Lipinski definition) is 4. The lowest BCUT2D eigenvalue weighted by atomic mass is 9.94.